The number of aryl methyl sites for hydroxylation is 2. The van der Waals surface area contributed by atoms with Crippen LogP contribution in [0.15, 0.2) is 56.6 Å². The number of nitrogens with zero attached hydrogens (tertiary/aromatic N) is 3. The van der Waals surface area contributed by atoms with Crippen molar-refractivity contribution in [1.82, 2.24) is 10.2 Å². The lowest BCUT2D eigenvalue weighted by atomic mass is 10.2. The molecule has 1 heterocycles. The minimum Gasteiger partial charge on any atom is -0.325 e. The van der Waals surface area contributed by atoms with E-state index in [0.29, 0.717) is 9.47 Å². The molecule has 3 aromatic rings. The van der Waals surface area contributed by atoms with Crippen LogP contribution in [0.5, 0.6) is 0 Å². The molecule has 0 unspecified atom stereocenters. The third-order valence-electron chi connectivity index (χ3n) is 4.89. The van der Waals surface area contributed by atoms with E-state index in [1.807, 2.05) is 24.3 Å². The summed E-state index contributed by atoms with van der Waals surface area (Å²) in [5.74, 6) is 0.112. The molecule has 1 aliphatic rings. The molecular weight excluding hydrogens is 460 g/mol. The van der Waals surface area contributed by atoms with Crippen molar-refractivity contribution >= 4 is 57.5 Å². The van der Waals surface area contributed by atoms with E-state index in [4.69, 9.17) is 0 Å². The first-order valence-corrected chi connectivity index (χ1v) is 12.9. The number of anilines is 2. The Balaban J connectivity index is 1.29. The zero-order chi connectivity index (χ0) is 22.7. The Morgan fingerprint density at radius 1 is 1.12 bits per heavy atom. The van der Waals surface area contributed by atoms with E-state index < -0.39 is 0 Å². The third kappa shape index (κ3) is 5.90. The van der Waals surface area contributed by atoms with Gasteiger partial charge in [0, 0.05) is 28.4 Å². The summed E-state index contributed by atoms with van der Waals surface area (Å²) < 4.78 is 0.683. The molecule has 9 heteroatoms. The van der Waals surface area contributed by atoms with Crippen LogP contribution in [0.2, 0.25) is 0 Å². The molecule has 0 bridgehead atoms. The summed E-state index contributed by atoms with van der Waals surface area (Å²) in [6.07, 6.45) is 2.01. The van der Waals surface area contributed by atoms with Gasteiger partial charge in [0.25, 0.3) is 0 Å². The highest BCUT2D eigenvalue weighted by Crippen LogP contribution is 2.36. The molecule has 1 aromatic heterocycles. The maximum atomic E-state index is 12.4. The van der Waals surface area contributed by atoms with Crippen LogP contribution >= 0.6 is 34.9 Å². The molecule has 2 amide bonds. The molecule has 0 radical (unpaired) electrons. The van der Waals surface area contributed by atoms with E-state index in [2.05, 4.69) is 47.6 Å². The van der Waals surface area contributed by atoms with Crippen LogP contribution < -0.4 is 10.2 Å². The number of nitrogens with one attached hydrogen (secondary N) is 1. The Hall–Kier alpha value is -2.36. The fourth-order valence-corrected chi connectivity index (χ4v) is 5.87. The first kappa shape index (κ1) is 22.8. The Labute approximate surface area is 200 Å². The lowest BCUT2D eigenvalue weighted by Gasteiger charge is -2.15. The van der Waals surface area contributed by atoms with E-state index in [0.717, 1.165) is 23.4 Å². The predicted octanol–water partition coefficient (Wildman–Crippen LogP) is 5.55. The fourth-order valence-electron chi connectivity index (χ4n) is 3.11. The van der Waals surface area contributed by atoms with Gasteiger partial charge in [-0.2, -0.15) is 0 Å². The van der Waals surface area contributed by atoms with Crippen molar-refractivity contribution in [2.24, 2.45) is 0 Å². The molecule has 6 nitrogen and oxygen atoms in total. The van der Waals surface area contributed by atoms with Gasteiger partial charge in [0.1, 0.15) is 0 Å². The maximum Gasteiger partial charge on any atom is 0.234 e. The smallest absolute Gasteiger partial charge is 0.234 e. The quantitative estimate of drug-likeness (QED) is 0.334. The van der Waals surface area contributed by atoms with Crippen molar-refractivity contribution in [2.75, 3.05) is 16.0 Å². The topological polar surface area (TPSA) is 75.2 Å². The molecule has 32 heavy (non-hydrogen) atoms. The molecule has 1 saturated carbocycles. The second-order valence-corrected chi connectivity index (χ2v) is 11.0. The van der Waals surface area contributed by atoms with E-state index >= 15 is 0 Å². The number of thioether (sulfide) groups is 1. The van der Waals surface area contributed by atoms with Crippen molar-refractivity contribution in [3.05, 3.63) is 53.6 Å². The molecule has 0 atom stereocenters. The van der Waals surface area contributed by atoms with Crippen molar-refractivity contribution in [3.63, 3.8) is 0 Å². The Morgan fingerprint density at radius 3 is 2.56 bits per heavy atom. The van der Waals surface area contributed by atoms with E-state index in [-0.39, 0.29) is 23.6 Å². The number of benzene rings is 2. The number of aromatic nitrogens is 2. The number of amides is 2. The van der Waals surface area contributed by atoms with Gasteiger partial charge < -0.3 is 5.32 Å². The summed E-state index contributed by atoms with van der Waals surface area (Å²) in [5, 5.41) is 11.8. The van der Waals surface area contributed by atoms with Crippen LogP contribution in [0.4, 0.5) is 10.8 Å². The minimum absolute atomic E-state index is 0.0166. The SMILES string of the molecule is CC(=O)N(c1nnc(SCC(=O)Nc2ccc(Sc3cc(C)ccc3C)cc2)s1)C1CC1. The number of hydrogen-bond acceptors (Lipinski definition) is 7. The van der Waals surface area contributed by atoms with Gasteiger partial charge in [0.2, 0.25) is 16.9 Å². The predicted molar refractivity (Wildman–Crippen MR) is 132 cm³/mol. The highest BCUT2D eigenvalue weighted by Gasteiger charge is 2.34. The molecular formula is C23H24N4O2S3. The average molecular weight is 485 g/mol. The summed E-state index contributed by atoms with van der Waals surface area (Å²) in [5.41, 5.74) is 3.25. The highest BCUT2D eigenvalue weighted by atomic mass is 32.2. The van der Waals surface area contributed by atoms with Gasteiger partial charge >= 0.3 is 0 Å². The molecule has 0 saturated heterocycles. The monoisotopic (exact) mass is 484 g/mol. The maximum absolute atomic E-state index is 12.4. The van der Waals surface area contributed by atoms with Crippen LogP contribution in [0.1, 0.15) is 30.9 Å². The van der Waals surface area contributed by atoms with E-state index in [1.165, 1.54) is 39.1 Å². The first-order valence-electron chi connectivity index (χ1n) is 10.3. The molecule has 0 spiro atoms. The summed E-state index contributed by atoms with van der Waals surface area (Å²) in [6, 6.07) is 14.5. The highest BCUT2D eigenvalue weighted by molar-refractivity contribution is 8.01. The molecule has 4 rings (SSSR count). The van der Waals surface area contributed by atoms with Crippen LogP contribution in [0.3, 0.4) is 0 Å². The summed E-state index contributed by atoms with van der Waals surface area (Å²) in [4.78, 5) is 28.3. The molecule has 166 valence electrons. The Bertz CT molecular complexity index is 1130. The van der Waals surface area contributed by atoms with Gasteiger partial charge in [-0.05, 0) is 68.1 Å². The third-order valence-corrected chi connectivity index (χ3v) is 8.11. The average Bonchev–Trinajstić information content (AvgIpc) is 3.47. The fraction of sp³-hybridized carbons (Fsp3) is 0.304. The molecule has 0 aliphatic heterocycles. The molecule has 1 N–H and O–H groups in total. The van der Waals surface area contributed by atoms with Crippen molar-refractivity contribution in [3.8, 4) is 0 Å². The minimum atomic E-state index is -0.104. The van der Waals surface area contributed by atoms with Gasteiger partial charge in [-0.3, -0.25) is 14.5 Å². The zero-order valence-electron chi connectivity index (χ0n) is 18.1. The number of carbonyl (C=O) groups is 2. The largest absolute Gasteiger partial charge is 0.325 e. The van der Waals surface area contributed by atoms with Crippen LogP contribution in [-0.2, 0) is 9.59 Å². The van der Waals surface area contributed by atoms with Crippen molar-refractivity contribution in [2.45, 2.75) is 53.8 Å². The van der Waals surface area contributed by atoms with E-state index in [9.17, 15) is 9.59 Å². The standard InChI is InChI=1S/C23H24N4O2S3/c1-14-4-5-15(2)20(12-14)31-19-10-6-17(7-11-19)24-21(29)13-30-23-26-25-22(32-23)27(16(3)28)18-8-9-18/h4-7,10-12,18H,8-9,13H2,1-3H3,(H,24,29). The Morgan fingerprint density at radius 2 is 1.88 bits per heavy atom. The number of hydrogen-bond donors (Lipinski definition) is 1. The van der Waals surface area contributed by atoms with Gasteiger partial charge in [-0.25, -0.2) is 0 Å². The summed E-state index contributed by atoms with van der Waals surface area (Å²) in [7, 11) is 0. The van der Waals surface area contributed by atoms with Gasteiger partial charge in [0.15, 0.2) is 4.34 Å². The normalized spacial score (nSPS) is 13.1. The van der Waals surface area contributed by atoms with Crippen molar-refractivity contribution in [1.29, 1.82) is 0 Å². The second-order valence-electron chi connectivity index (χ2n) is 7.70. The first-order chi connectivity index (χ1) is 15.4. The molecule has 1 fully saturated rings. The number of carbonyl (C=O) groups excluding carboxylic acids is 2. The van der Waals surface area contributed by atoms with Crippen molar-refractivity contribution < 1.29 is 9.59 Å². The van der Waals surface area contributed by atoms with Crippen LogP contribution in [-0.4, -0.2) is 33.8 Å². The van der Waals surface area contributed by atoms with Crippen LogP contribution in [0, 0.1) is 13.8 Å². The second kappa shape index (κ2) is 10.1. The lowest BCUT2D eigenvalue weighted by Crippen LogP contribution is -2.30. The number of rotatable bonds is 8. The van der Waals surface area contributed by atoms with Gasteiger partial charge in [-0.15, -0.1) is 10.2 Å². The van der Waals surface area contributed by atoms with E-state index in [1.54, 1.807) is 23.6 Å². The van der Waals surface area contributed by atoms with Gasteiger partial charge in [-0.1, -0.05) is 47.0 Å². The van der Waals surface area contributed by atoms with Gasteiger partial charge in [0.05, 0.1) is 5.75 Å². The summed E-state index contributed by atoms with van der Waals surface area (Å²) >= 11 is 4.40. The molecule has 1 aliphatic carbocycles. The zero-order valence-corrected chi connectivity index (χ0v) is 20.6. The van der Waals surface area contributed by atoms with Crippen LogP contribution in [0.25, 0.3) is 0 Å². The molecule has 2 aromatic carbocycles. The summed E-state index contributed by atoms with van der Waals surface area (Å²) in [6.45, 7) is 5.75. The Kier molecular flexibility index (Phi) is 7.17. The lowest BCUT2D eigenvalue weighted by molar-refractivity contribution is -0.116.